The Morgan fingerprint density at radius 1 is 1.21 bits per heavy atom. The van der Waals surface area contributed by atoms with E-state index in [1.54, 1.807) is 28.6 Å². The number of thiazole rings is 1. The number of fused-ring (bicyclic) bond motifs is 1. The van der Waals surface area contributed by atoms with Gasteiger partial charge < -0.3 is 21.1 Å². The first kappa shape index (κ1) is 22.9. The van der Waals surface area contributed by atoms with E-state index in [0.717, 1.165) is 10.9 Å². The molecular formula is C22H23N5O4S2. The van der Waals surface area contributed by atoms with E-state index in [1.807, 2.05) is 6.07 Å². The summed E-state index contributed by atoms with van der Waals surface area (Å²) in [5, 5.41) is 18.1. The van der Waals surface area contributed by atoms with Gasteiger partial charge in [0.1, 0.15) is 10.4 Å². The first-order valence-corrected chi connectivity index (χ1v) is 12.5. The van der Waals surface area contributed by atoms with Crippen molar-refractivity contribution in [2.75, 3.05) is 17.8 Å². The number of benzene rings is 2. The highest BCUT2D eigenvalue weighted by Crippen LogP contribution is 2.30. The van der Waals surface area contributed by atoms with Gasteiger partial charge in [0.15, 0.2) is 0 Å². The Morgan fingerprint density at radius 2 is 1.91 bits per heavy atom. The predicted octanol–water partition coefficient (Wildman–Crippen LogP) is 2.56. The zero-order valence-corrected chi connectivity index (χ0v) is 19.2. The highest BCUT2D eigenvalue weighted by Gasteiger charge is 2.36. The molecule has 0 aliphatic carbocycles. The molecule has 0 radical (unpaired) electrons. The van der Waals surface area contributed by atoms with Crippen LogP contribution in [0.5, 0.6) is 0 Å². The number of nitrogens with two attached hydrogens (primary N) is 1. The third-order valence-corrected chi connectivity index (χ3v) is 7.95. The van der Waals surface area contributed by atoms with Gasteiger partial charge >= 0.3 is 0 Å². The van der Waals surface area contributed by atoms with E-state index in [2.05, 4.69) is 9.71 Å². The normalized spacial score (nSPS) is 16.5. The molecule has 1 aromatic heterocycles. The van der Waals surface area contributed by atoms with Crippen LogP contribution >= 0.6 is 11.3 Å². The van der Waals surface area contributed by atoms with Gasteiger partial charge in [0.2, 0.25) is 0 Å². The van der Waals surface area contributed by atoms with Crippen LogP contribution < -0.4 is 10.5 Å². The Balaban J connectivity index is 1.45. The Hall–Kier alpha value is -3.28. The van der Waals surface area contributed by atoms with Crippen LogP contribution in [0.15, 0.2) is 64.6 Å². The fraction of sp³-hybridized carbons (Fsp3) is 0.227. The van der Waals surface area contributed by atoms with Crippen molar-refractivity contribution in [2.24, 2.45) is 5.73 Å². The SMILES string of the molecule is N=CC(=CN)C1(O)CCN(C(=O)c2ccc(NS(=O)(=O)c3cccc4scnc34)cc2)CC1. The maximum Gasteiger partial charge on any atom is 0.264 e. The smallest absolute Gasteiger partial charge is 0.264 e. The summed E-state index contributed by atoms with van der Waals surface area (Å²) < 4.78 is 29.1. The van der Waals surface area contributed by atoms with Crippen LogP contribution in [-0.2, 0) is 10.0 Å². The van der Waals surface area contributed by atoms with E-state index in [4.69, 9.17) is 11.1 Å². The number of rotatable bonds is 6. The van der Waals surface area contributed by atoms with Gasteiger partial charge in [0, 0.05) is 42.3 Å². The number of nitrogens with zero attached hydrogens (tertiary/aromatic N) is 2. The lowest BCUT2D eigenvalue weighted by molar-refractivity contribution is 0.0147. The number of sulfonamides is 1. The van der Waals surface area contributed by atoms with Crippen LogP contribution in [-0.4, -0.2) is 54.2 Å². The Bertz CT molecular complexity index is 1320. The molecule has 3 aromatic rings. The minimum Gasteiger partial charge on any atom is -0.404 e. The predicted molar refractivity (Wildman–Crippen MR) is 128 cm³/mol. The molecule has 1 aliphatic rings. The van der Waals surface area contributed by atoms with Crippen LogP contribution in [0.3, 0.4) is 0 Å². The summed E-state index contributed by atoms with van der Waals surface area (Å²) in [6.45, 7) is 0.624. The van der Waals surface area contributed by atoms with Crippen molar-refractivity contribution in [2.45, 2.75) is 23.3 Å². The molecule has 2 heterocycles. The molecule has 4 rings (SSSR count). The highest BCUT2D eigenvalue weighted by molar-refractivity contribution is 7.93. The van der Waals surface area contributed by atoms with E-state index < -0.39 is 15.6 Å². The van der Waals surface area contributed by atoms with Gasteiger partial charge in [-0.2, -0.15) is 0 Å². The minimum absolute atomic E-state index is 0.0954. The average Bonchev–Trinajstić information content (AvgIpc) is 3.29. The van der Waals surface area contributed by atoms with Crippen LogP contribution in [0.25, 0.3) is 10.2 Å². The molecule has 5 N–H and O–H groups in total. The number of aromatic nitrogens is 1. The number of piperidine rings is 1. The van der Waals surface area contributed by atoms with Crippen molar-refractivity contribution >= 4 is 49.4 Å². The number of nitrogens with one attached hydrogen (secondary N) is 2. The van der Waals surface area contributed by atoms with E-state index >= 15 is 0 Å². The summed E-state index contributed by atoms with van der Waals surface area (Å²) in [5.74, 6) is -0.216. The number of para-hydroxylation sites is 1. The first-order valence-electron chi connectivity index (χ1n) is 10.2. The second-order valence-electron chi connectivity index (χ2n) is 7.73. The maximum atomic E-state index is 12.9. The second-order valence-corrected chi connectivity index (χ2v) is 10.3. The number of carbonyl (C=O) groups is 1. The molecular weight excluding hydrogens is 462 g/mol. The number of amides is 1. The second kappa shape index (κ2) is 8.93. The van der Waals surface area contributed by atoms with Crippen LogP contribution in [0.4, 0.5) is 5.69 Å². The molecule has 1 saturated heterocycles. The summed E-state index contributed by atoms with van der Waals surface area (Å²) in [5.41, 5.74) is 7.37. The fourth-order valence-corrected chi connectivity index (χ4v) is 5.86. The first-order chi connectivity index (χ1) is 15.8. The molecule has 172 valence electrons. The number of hydrogen-bond acceptors (Lipinski definition) is 8. The van der Waals surface area contributed by atoms with Crippen molar-refractivity contribution in [3.05, 3.63) is 65.3 Å². The van der Waals surface area contributed by atoms with Crippen LogP contribution in [0, 0.1) is 5.41 Å². The summed E-state index contributed by atoms with van der Waals surface area (Å²) in [4.78, 5) is 18.7. The monoisotopic (exact) mass is 485 g/mol. The molecule has 9 nitrogen and oxygen atoms in total. The number of hydrogen-bond donors (Lipinski definition) is 4. The summed E-state index contributed by atoms with van der Waals surface area (Å²) >= 11 is 1.36. The van der Waals surface area contributed by atoms with E-state index in [9.17, 15) is 18.3 Å². The van der Waals surface area contributed by atoms with Crippen LogP contribution in [0.2, 0.25) is 0 Å². The molecule has 11 heteroatoms. The number of carbonyl (C=O) groups excluding carboxylic acids is 1. The molecule has 0 spiro atoms. The molecule has 1 fully saturated rings. The van der Waals surface area contributed by atoms with Gasteiger partial charge in [0.25, 0.3) is 15.9 Å². The molecule has 1 aliphatic heterocycles. The van der Waals surface area contributed by atoms with Gasteiger partial charge in [-0.3, -0.25) is 9.52 Å². The number of aliphatic hydroxyl groups is 1. The Kier molecular flexibility index (Phi) is 6.19. The Morgan fingerprint density at radius 3 is 2.55 bits per heavy atom. The maximum absolute atomic E-state index is 12.9. The van der Waals surface area contributed by atoms with Gasteiger partial charge in [-0.05, 0) is 49.2 Å². The summed E-state index contributed by atoms with van der Waals surface area (Å²) in [7, 11) is -3.85. The largest absolute Gasteiger partial charge is 0.404 e. The van der Waals surface area contributed by atoms with Crippen molar-refractivity contribution in [3.8, 4) is 0 Å². The topological polar surface area (TPSA) is 149 Å². The molecule has 1 amide bonds. The van der Waals surface area contributed by atoms with Gasteiger partial charge in [0.05, 0.1) is 15.8 Å². The molecule has 0 saturated carbocycles. The number of likely N-dealkylation sites (tertiary alicyclic amines) is 1. The van der Waals surface area contributed by atoms with E-state index in [1.165, 1.54) is 35.7 Å². The van der Waals surface area contributed by atoms with Crippen molar-refractivity contribution in [3.63, 3.8) is 0 Å². The average molecular weight is 486 g/mol. The zero-order chi connectivity index (χ0) is 23.6. The molecule has 0 atom stereocenters. The summed E-state index contributed by atoms with van der Waals surface area (Å²) in [6.07, 6.45) is 2.81. The van der Waals surface area contributed by atoms with Crippen molar-refractivity contribution in [1.82, 2.24) is 9.88 Å². The minimum atomic E-state index is -3.85. The fourth-order valence-electron chi connectivity index (χ4n) is 3.86. The standard InChI is InChI=1S/C22H23N5O4S2/c23-12-16(13-24)22(29)8-10-27(11-9-22)21(28)15-4-6-17(7-5-15)26-33(30,31)19-3-1-2-18-20(19)25-14-32-18/h1-7,12-14,23,26,29H,8-11,24H2. The lowest BCUT2D eigenvalue weighted by atomic mass is 9.84. The van der Waals surface area contributed by atoms with Gasteiger partial charge in [-0.15, -0.1) is 11.3 Å². The molecule has 0 unspecified atom stereocenters. The van der Waals surface area contributed by atoms with Gasteiger partial charge in [-0.25, -0.2) is 13.4 Å². The Labute approximate surface area is 195 Å². The molecule has 2 aromatic carbocycles. The zero-order valence-electron chi connectivity index (χ0n) is 17.6. The highest BCUT2D eigenvalue weighted by atomic mass is 32.2. The van der Waals surface area contributed by atoms with E-state index in [0.29, 0.717) is 35.4 Å². The quantitative estimate of drug-likeness (QED) is 0.394. The third-order valence-electron chi connectivity index (χ3n) is 5.75. The van der Waals surface area contributed by atoms with Crippen molar-refractivity contribution in [1.29, 1.82) is 5.41 Å². The van der Waals surface area contributed by atoms with Gasteiger partial charge in [-0.1, -0.05) is 6.07 Å². The lowest BCUT2D eigenvalue weighted by Crippen LogP contribution is -2.48. The van der Waals surface area contributed by atoms with Crippen molar-refractivity contribution < 1.29 is 18.3 Å². The number of anilines is 1. The van der Waals surface area contributed by atoms with E-state index in [-0.39, 0.29) is 23.6 Å². The van der Waals surface area contributed by atoms with Crippen LogP contribution in [0.1, 0.15) is 23.2 Å². The third kappa shape index (κ3) is 4.47. The molecule has 33 heavy (non-hydrogen) atoms. The molecule has 0 bridgehead atoms. The summed E-state index contributed by atoms with van der Waals surface area (Å²) in [6, 6.07) is 11.2. The lowest BCUT2D eigenvalue weighted by Gasteiger charge is -2.38.